The second kappa shape index (κ2) is 6.84. The molecule has 0 spiro atoms. The minimum atomic E-state index is -0.176. The molecule has 8 heteroatoms. The lowest BCUT2D eigenvalue weighted by Crippen LogP contribution is -2.39. The van der Waals surface area contributed by atoms with E-state index in [2.05, 4.69) is 20.1 Å². The van der Waals surface area contributed by atoms with Crippen molar-refractivity contribution in [1.29, 1.82) is 0 Å². The lowest BCUT2D eigenvalue weighted by Gasteiger charge is -2.31. The molecule has 0 saturated carbocycles. The molecule has 0 N–H and O–H groups in total. The number of hydrogen-bond donors (Lipinski definition) is 0. The van der Waals surface area contributed by atoms with Crippen LogP contribution in [0.2, 0.25) is 5.02 Å². The lowest BCUT2D eigenvalue weighted by atomic mass is 9.97. The third-order valence-corrected chi connectivity index (χ3v) is 4.36. The monoisotopic (exact) mass is 349 g/mol. The summed E-state index contributed by atoms with van der Waals surface area (Å²) in [4.78, 5) is 27.5. The maximum Gasteiger partial charge on any atom is 0.274 e. The maximum absolute atomic E-state index is 12.9. The summed E-state index contributed by atoms with van der Waals surface area (Å²) < 4.78 is 5.26. The van der Waals surface area contributed by atoms with Crippen LogP contribution in [0.15, 0.2) is 10.7 Å². The summed E-state index contributed by atoms with van der Waals surface area (Å²) >= 11 is 6.16. The van der Waals surface area contributed by atoms with Crippen molar-refractivity contribution in [1.82, 2.24) is 25.0 Å². The molecule has 1 aliphatic rings. The van der Waals surface area contributed by atoms with Crippen LogP contribution in [0, 0.1) is 6.92 Å². The Morgan fingerprint density at radius 3 is 2.88 bits per heavy atom. The van der Waals surface area contributed by atoms with Crippen molar-refractivity contribution in [2.24, 2.45) is 0 Å². The van der Waals surface area contributed by atoms with E-state index in [4.69, 9.17) is 16.1 Å². The largest absolute Gasteiger partial charge is 0.339 e. The highest BCUT2D eigenvalue weighted by Gasteiger charge is 2.30. The molecule has 2 aromatic rings. The zero-order valence-electron chi connectivity index (χ0n) is 14.0. The van der Waals surface area contributed by atoms with Gasteiger partial charge in [-0.1, -0.05) is 30.6 Å². The molecule has 24 heavy (non-hydrogen) atoms. The number of piperidine rings is 1. The number of carbonyl (C=O) groups excluding carboxylic acids is 1. The Morgan fingerprint density at radius 1 is 1.42 bits per heavy atom. The van der Waals surface area contributed by atoms with E-state index in [9.17, 15) is 4.79 Å². The predicted octanol–water partition coefficient (Wildman–Crippen LogP) is 2.96. The average Bonchev–Trinajstić information content (AvgIpc) is 3.01. The Balaban J connectivity index is 1.81. The SMILES string of the molecule is Cc1noc([C@H]2CCCN(C(=O)c3nc(C(C)C)ncc3Cl)C2)n1. The molecular weight excluding hydrogens is 330 g/mol. The standard InChI is InChI=1S/C16H20ClN5O2/c1-9(2)14-18-7-12(17)13(20-14)16(23)22-6-4-5-11(8-22)15-19-10(3)21-24-15/h7,9,11H,4-6,8H2,1-3H3/t11-/m0/s1. The molecule has 2 aromatic heterocycles. The van der Waals surface area contributed by atoms with Gasteiger partial charge >= 0.3 is 0 Å². The summed E-state index contributed by atoms with van der Waals surface area (Å²) in [6.45, 7) is 6.93. The van der Waals surface area contributed by atoms with Gasteiger partial charge in [0, 0.05) is 19.0 Å². The Labute approximate surface area is 145 Å². The first kappa shape index (κ1) is 16.8. The zero-order chi connectivity index (χ0) is 17.3. The molecule has 0 radical (unpaired) electrons. The summed E-state index contributed by atoms with van der Waals surface area (Å²) in [5.74, 6) is 1.81. The fourth-order valence-electron chi connectivity index (χ4n) is 2.80. The molecule has 0 unspecified atom stereocenters. The Kier molecular flexibility index (Phi) is 4.80. The molecule has 0 aromatic carbocycles. The van der Waals surface area contributed by atoms with Gasteiger partial charge in [0.05, 0.1) is 17.1 Å². The van der Waals surface area contributed by atoms with Crippen LogP contribution in [0.3, 0.4) is 0 Å². The number of rotatable bonds is 3. The molecule has 7 nitrogen and oxygen atoms in total. The zero-order valence-corrected chi connectivity index (χ0v) is 14.7. The Hall–Kier alpha value is -2.02. The number of aromatic nitrogens is 4. The highest BCUT2D eigenvalue weighted by molar-refractivity contribution is 6.33. The van der Waals surface area contributed by atoms with E-state index < -0.39 is 0 Å². The quantitative estimate of drug-likeness (QED) is 0.846. The highest BCUT2D eigenvalue weighted by atomic mass is 35.5. The maximum atomic E-state index is 12.9. The Bertz CT molecular complexity index is 746. The molecule has 3 heterocycles. The van der Waals surface area contributed by atoms with Gasteiger partial charge < -0.3 is 9.42 Å². The van der Waals surface area contributed by atoms with Gasteiger partial charge in [0.15, 0.2) is 11.5 Å². The normalized spacial score (nSPS) is 18.2. The number of nitrogens with zero attached hydrogens (tertiary/aromatic N) is 5. The van der Waals surface area contributed by atoms with Crippen molar-refractivity contribution in [2.75, 3.05) is 13.1 Å². The van der Waals surface area contributed by atoms with E-state index in [0.717, 1.165) is 12.8 Å². The lowest BCUT2D eigenvalue weighted by molar-refractivity contribution is 0.0689. The predicted molar refractivity (Wildman–Crippen MR) is 88.0 cm³/mol. The minimum absolute atomic E-state index is 0.0501. The smallest absolute Gasteiger partial charge is 0.274 e. The van der Waals surface area contributed by atoms with Gasteiger partial charge in [-0.25, -0.2) is 9.97 Å². The van der Waals surface area contributed by atoms with E-state index in [1.807, 2.05) is 13.8 Å². The van der Waals surface area contributed by atoms with Crippen LogP contribution in [-0.4, -0.2) is 44.0 Å². The second-order valence-corrected chi connectivity index (χ2v) is 6.76. The molecule has 0 bridgehead atoms. The molecule has 1 amide bonds. The first-order valence-corrected chi connectivity index (χ1v) is 8.45. The molecule has 1 atom stereocenters. The van der Waals surface area contributed by atoms with E-state index in [0.29, 0.717) is 30.6 Å². The summed E-state index contributed by atoms with van der Waals surface area (Å²) in [6, 6.07) is 0. The Morgan fingerprint density at radius 2 is 2.21 bits per heavy atom. The van der Waals surface area contributed by atoms with E-state index >= 15 is 0 Å². The van der Waals surface area contributed by atoms with Crippen molar-refractivity contribution >= 4 is 17.5 Å². The minimum Gasteiger partial charge on any atom is -0.339 e. The van der Waals surface area contributed by atoms with Gasteiger partial charge in [-0.3, -0.25) is 4.79 Å². The molecule has 1 aliphatic heterocycles. The van der Waals surface area contributed by atoms with Gasteiger partial charge in [-0.2, -0.15) is 4.98 Å². The van der Waals surface area contributed by atoms with Crippen LogP contribution in [0.4, 0.5) is 0 Å². The third kappa shape index (κ3) is 3.40. The van der Waals surface area contributed by atoms with Gasteiger partial charge in [-0.05, 0) is 19.8 Å². The molecule has 1 saturated heterocycles. The van der Waals surface area contributed by atoms with E-state index in [1.54, 1.807) is 11.8 Å². The van der Waals surface area contributed by atoms with E-state index in [-0.39, 0.29) is 28.5 Å². The molecule has 128 valence electrons. The number of likely N-dealkylation sites (tertiary alicyclic amines) is 1. The molecule has 0 aliphatic carbocycles. The fourth-order valence-corrected chi connectivity index (χ4v) is 2.97. The van der Waals surface area contributed by atoms with Crippen molar-refractivity contribution in [3.05, 3.63) is 34.5 Å². The van der Waals surface area contributed by atoms with Gasteiger partial charge in [0.1, 0.15) is 5.82 Å². The van der Waals surface area contributed by atoms with Crippen molar-refractivity contribution in [3.63, 3.8) is 0 Å². The van der Waals surface area contributed by atoms with E-state index in [1.165, 1.54) is 6.20 Å². The number of carbonyl (C=O) groups is 1. The summed E-state index contributed by atoms with van der Waals surface area (Å²) in [5.41, 5.74) is 0.262. The fraction of sp³-hybridized carbons (Fsp3) is 0.562. The number of halogens is 1. The van der Waals surface area contributed by atoms with Crippen molar-refractivity contribution < 1.29 is 9.32 Å². The van der Waals surface area contributed by atoms with Crippen LogP contribution in [0.25, 0.3) is 0 Å². The van der Waals surface area contributed by atoms with Gasteiger partial charge in [0.25, 0.3) is 5.91 Å². The number of amides is 1. The van der Waals surface area contributed by atoms with Crippen LogP contribution >= 0.6 is 11.6 Å². The van der Waals surface area contributed by atoms with Crippen LogP contribution in [0.1, 0.15) is 66.6 Å². The number of aryl methyl sites for hydroxylation is 1. The average molecular weight is 350 g/mol. The summed E-state index contributed by atoms with van der Waals surface area (Å²) in [5, 5.41) is 4.11. The van der Waals surface area contributed by atoms with Crippen molar-refractivity contribution in [2.45, 2.75) is 45.4 Å². The molecule has 1 fully saturated rings. The van der Waals surface area contributed by atoms with Crippen molar-refractivity contribution in [3.8, 4) is 0 Å². The summed E-state index contributed by atoms with van der Waals surface area (Å²) in [6.07, 6.45) is 3.29. The first-order chi connectivity index (χ1) is 11.5. The molecule has 3 rings (SSSR count). The third-order valence-electron chi connectivity index (χ3n) is 4.08. The second-order valence-electron chi connectivity index (χ2n) is 6.35. The van der Waals surface area contributed by atoms with Crippen LogP contribution < -0.4 is 0 Å². The van der Waals surface area contributed by atoms with Crippen LogP contribution in [-0.2, 0) is 0 Å². The van der Waals surface area contributed by atoms with Gasteiger partial charge in [-0.15, -0.1) is 0 Å². The van der Waals surface area contributed by atoms with Crippen LogP contribution in [0.5, 0.6) is 0 Å². The number of hydrogen-bond acceptors (Lipinski definition) is 6. The van der Waals surface area contributed by atoms with Gasteiger partial charge in [0.2, 0.25) is 5.89 Å². The summed E-state index contributed by atoms with van der Waals surface area (Å²) in [7, 11) is 0. The topological polar surface area (TPSA) is 85.0 Å². The highest BCUT2D eigenvalue weighted by Crippen LogP contribution is 2.27. The first-order valence-electron chi connectivity index (χ1n) is 8.07. The molecular formula is C16H20ClN5O2.